The number of amides is 1. The van der Waals surface area contributed by atoms with E-state index in [9.17, 15) is 14.7 Å². The van der Waals surface area contributed by atoms with Gasteiger partial charge in [-0.15, -0.1) is 0 Å². The molecular formula is C16H21NO4. The van der Waals surface area contributed by atoms with Crippen LogP contribution in [-0.4, -0.2) is 42.1 Å². The molecule has 1 aromatic carbocycles. The second-order valence-corrected chi connectivity index (χ2v) is 5.87. The van der Waals surface area contributed by atoms with E-state index in [4.69, 9.17) is 4.74 Å². The molecule has 1 aromatic rings. The highest BCUT2D eigenvalue weighted by atomic mass is 16.5. The van der Waals surface area contributed by atoms with Gasteiger partial charge in [-0.05, 0) is 38.0 Å². The summed E-state index contributed by atoms with van der Waals surface area (Å²) < 4.78 is 5.10. The van der Waals surface area contributed by atoms with Crippen LogP contribution in [0.15, 0.2) is 24.3 Å². The average Bonchev–Trinajstić information content (AvgIpc) is 2.90. The molecule has 5 nitrogen and oxygen atoms in total. The van der Waals surface area contributed by atoms with E-state index in [-0.39, 0.29) is 18.4 Å². The van der Waals surface area contributed by atoms with Crippen molar-refractivity contribution in [1.29, 1.82) is 0 Å². The van der Waals surface area contributed by atoms with Crippen LogP contribution in [0.25, 0.3) is 0 Å². The van der Waals surface area contributed by atoms with Crippen molar-refractivity contribution in [3.63, 3.8) is 0 Å². The molecule has 0 aliphatic carbocycles. The lowest BCUT2D eigenvalue weighted by atomic mass is 9.90. The summed E-state index contributed by atoms with van der Waals surface area (Å²) in [4.78, 5) is 25.4. The van der Waals surface area contributed by atoms with Gasteiger partial charge in [-0.3, -0.25) is 9.59 Å². The Bertz CT molecular complexity index is 540. The largest absolute Gasteiger partial charge is 0.497 e. The predicted molar refractivity (Wildman–Crippen MR) is 78.3 cm³/mol. The van der Waals surface area contributed by atoms with Gasteiger partial charge < -0.3 is 14.7 Å². The Hall–Kier alpha value is -2.04. The van der Waals surface area contributed by atoms with Crippen LogP contribution in [0.2, 0.25) is 0 Å². The van der Waals surface area contributed by atoms with E-state index < -0.39 is 11.4 Å². The monoisotopic (exact) mass is 291 g/mol. The van der Waals surface area contributed by atoms with Gasteiger partial charge in [-0.25, -0.2) is 0 Å². The normalized spacial score (nSPS) is 22.9. The van der Waals surface area contributed by atoms with Gasteiger partial charge in [0.15, 0.2) is 0 Å². The molecule has 2 atom stereocenters. The molecule has 21 heavy (non-hydrogen) atoms. The number of rotatable bonds is 4. The first-order valence-electron chi connectivity index (χ1n) is 7.03. The number of hydrogen-bond donors (Lipinski definition) is 1. The topological polar surface area (TPSA) is 66.8 Å². The van der Waals surface area contributed by atoms with Crippen LogP contribution < -0.4 is 4.74 Å². The van der Waals surface area contributed by atoms with Crippen LogP contribution in [0.5, 0.6) is 5.75 Å². The summed E-state index contributed by atoms with van der Waals surface area (Å²) in [5.74, 6) is -0.398. The lowest BCUT2D eigenvalue weighted by molar-refractivity contribution is -0.147. The zero-order valence-electron chi connectivity index (χ0n) is 12.6. The smallest absolute Gasteiger partial charge is 0.311 e. The number of likely N-dealkylation sites (tertiary alicyclic amines) is 1. The fraction of sp³-hybridized carbons (Fsp3) is 0.500. The van der Waals surface area contributed by atoms with Crippen molar-refractivity contribution in [3.05, 3.63) is 29.8 Å². The molecule has 0 aromatic heterocycles. The molecule has 0 radical (unpaired) electrons. The van der Waals surface area contributed by atoms with Crippen molar-refractivity contribution in [2.75, 3.05) is 20.2 Å². The molecule has 1 saturated heterocycles. The Labute approximate surface area is 124 Å². The number of aliphatic carboxylic acids is 1. The van der Waals surface area contributed by atoms with E-state index in [0.717, 1.165) is 11.3 Å². The van der Waals surface area contributed by atoms with Crippen molar-refractivity contribution < 1.29 is 19.4 Å². The van der Waals surface area contributed by atoms with Crippen LogP contribution in [0.1, 0.15) is 31.7 Å². The van der Waals surface area contributed by atoms with Gasteiger partial charge in [0, 0.05) is 13.1 Å². The van der Waals surface area contributed by atoms with Crippen molar-refractivity contribution in [1.82, 2.24) is 4.90 Å². The molecule has 5 heteroatoms. The number of carbonyl (C=O) groups is 2. The summed E-state index contributed by atoms with van der Waals surface area (Å²) >= 11 is 0. The third-order valence-electron chi connectivity index (χ3n) is 4.29. The second-order valence-electron chi connectivity index (χ2n) is 5.87. The Balaban J connectivity index is 2.07. The molecule has 1 fully saturated rings. The first-order valence-corrected chi connectivity index (χ1v) is 7.03. The fourth-order valence-corrected chi connectivity index (χ4v) is 2.63. The molecule has 1 heterocycles. The Morgan fingerprint density at radius 3 is 2.43 bits per heavy atom. The molecule has 2 rings (SSSR count). The molecule has 1 aliphatic heterocycles. The second kappa shape index (κ2) is 5.76. The average molecular weight is 291 g/mol. The maximum Gasteiger partial charge on any atom is 0.311 e. The Kier molecular flexibility index (Phi) is 4.21. The minimum atomic E-state index is -0.838. The van der Waals surface area contributed by atoms with E-state index >= 15 is 0 Å². The van der Waals surface area contributed by atoms with Crippen molar-refractivity contribution >= 4 is 11.9 Å². The van der Waals surface area contributed by atoms with Gasteiger partial charge >= 0.3 is 5.97 Å². The van der Waals surface area contributed by atoms with Crippen LogP contribution in [0, 0.1) is 5.41 Å². The number of benzene rings is 1. The zero-order chi connectivity index (χ0) is 15.6. The van der Waals surface area contributed by atoms with E-state index in [0.29, 0.717) is 13.0 Å². The number of carboxylic acids is 1. The Morgan fingerprint density at radius 1 is 1.33 bits per heavy atom. The van der Waals surface area contributed by atoms with Gasteiger partial charge in [0.2, 0.25) is 5.91 Å². The summed E-state index contributed by atoms with van der Waals surface area (Å²) in [7, 11) is 1.60. The molecular weight excluding hydrogens is 270 g/mol. The lowest BCUT2D eigenvalue weighted by Gasteiger charge is -2.23. The summed E-state index contributed by atoms with van der Waals surface area (Å²) in [6.07, 6.45) is 0.503. The van der Waals surface area contributed by atoms with Crippen LogP contribution in [-0.2, 0) is 9.59 Å². The molecule has 0 saturated carbocycles. The van der Waals surface area contributed by atoms with Gasteiger partial charge in [0.1, 0.15) is 5.75 Å². The summed E-state index contributed by atoms with van der Waals surface area (Å²) in [5, 5.41) is 9.23. The SMILES string of the molecule is COc1ccc([C@@H](C)C(=O)N2CC[C@](C)(C(=O)O)C2)cc1. The molecule has 0 bridgehead atoms. The molecule has 114 valence electrons. The molecule has 1 N–H and O–H groups in total. The predicted octanol–water partition coefficient (Wildman–Crippen LogP) is 2.12. The number of carboxylic acid groups (broad SMARTS) is 1. The number of carbonyl (C=O) groups excluding carboxylic acids is 1. The first kappa shape index (κ1) is 15.4. The molecule has 1 amide bonds. The highest BCUT2D eigenvalue weighted by Gasteiger charge is 2.42. The quantitative estimate of drug-likeness (QED) is 0.922. The third-order valence-corrected chi connectivity index (χ3v) is 4.29. The number of hydrogen-bond acceptors (Lipinski definition) is 3. The van der Waals surface area contributed by atoms with Gasteiger partial charge in [-0.2, -0.15) is 0 Å². The van der Waals surface area contributed by atoms with E-state index in [2.05, 4.69) is 0 Å². The van der Waals surface area contributed by atoms with Gasteiger partial charge in [-0.1, -0.05) is 12.1 Å². The van der Waals surface area contributed by atoms with Gasteiger partial charge in [0.05, 0.1) is 18.4 Å². The van der Waals surface area contributed by atoms with Crippen LogP contribution >= 0.6 is 0 Å². The minimum Gasteiger partial charge on any atom is -0.497 e. The summed E-state index contributed by atoms with van der Waals surface area (Å²) in [5.41, 5.74) is 0.0830. The maximum absolute atomic E-state index is 12.5. The van der Waals surface area contributed by atoms with Crippen molar-refractivity contribution in [3.8, 4) is 5.75 Å². The van der Waals surface area contributed by atoms with Crippen LogP contribution in [0.4, 0.5) is 0 Å². The fourth-order valence-electron chi connectivity index (χ4n) is 2.63. The van der Waals surface area contributed by atoms with Gasteiger partial charge in [0.25, 0.3) is 0 Å². The van der Waals surface area contributed by atoms with E-state index in [1.165, 1.54) is 0 Å². The highest BCUT2D eigenvalue weighted by molar-refractivity contribution is 5.85. The standard InChI is InChI=1S/C16H21NO4/c1-11(12-4-6-13(21-3)7-5-12)14(18)17-9-8-16(2,10-17)15(19)20/h4-7,11H,8-10H2,1-3H3,(H,19,20)/t11-,16+/m1/s1. The van der Waals surface area contributed by atoms with Crippen molar-refractivity contribution in [2.24, 2.45) is 5.41 Å². The summed E-state index contributed by atoms with van der Waals surface area (Å²) in [6.45, 7) is 4.32. The summed E-state index contributed by atoms with van der Waals surface area (Å²) in [6, 6.07) is 7.39. The van der Waals surface area contributed by atoms with Crippen LogP contribution in [0.3, 0.4) is 0 Å². The molecule has 0 unspecified atom stereocenters. The van der Waals surface area contributed by atoms with E-state index in [1.54, 1.807) is 18.9 Å². The minimum absolute atomic E-state index is 0.0230. The number of methoxy groups -OCH3 is 1. The third kappa shape index (κ3) is 3.01. The zero-order valence-corrected chi connectivity index (χ0v) is 12.6. The van der Waals surface area contributed by atoms with Crippen molar-refractivity contribution in [2.45, 2.75) is 26.2 Å². The Morgan fingerprint density at radius 2 is 1.95 bits per heavy atom. The highest BCUT2D eigenvalue weighted by Crippen LogP contribution is 2.32. The van der Waals surface area contributed by atoms with E-state index in [1.807, 2.05) is 31.2 Å². The number of ether oxygens (including phenoxy) is 1. The molecule has 0 spiro atoms. The first-order chi connectivity index (χ1) is 9.87. The lowest BCUT2D eigenvalue weighted by Crippen LogP contribution is -2.36. The number of nitrogens with zero attached hydrogens (tertiary/aromatic N) is 1. The molecule has 1 aliphatic rings. The maximum atomic E-state index is 12.5.